The Morgan fingerprint density at radius 3 is 2.86 bits per heavy atom. The highest BCUT2D eigenvalue weighted by Gasteiger charge is 2.15. The fraction of sp³-hybridized carbons (Fsp3) is 0. The number of carbonyl (C=O) groups is 1. The number of anilines is 3. The second kappa shape index (κ2) is 7.43. The first-order valence-corrected chi connectivity index (χ1v) is 9.91. The van der Waals surface area contributed by atoms with Crippen LogP contribution in [0.2, 0.25) is 0 Å². The Hall–Kier alpha value is -3.21. The van der Waals surface area contributed by atoms with Gasteiger partial charge in [0.1, 0.15) is 6.07 Å². The van der Waals surface area contributed by atoms with E-state index in [2.05, 4.69) is 44.2 Å². The van der Waals surface area contributed by atoms with Crippen molar-refractivity contribution in [2.45, 2.75) is 0 Å². The van der Waals surface area contributed by atoms with Gasteiger partial charge in [0.15, 0.2) is 0 Å². The lowest BCUT2D eigenvalue weighted by Gasteiger charge is -2.09. The summed E-state index contributed by atoms with van der Waals surface area (Å²) in [6.07, 6.45) is 2.80. The predicted molar refractivity (Wildman–Crippen MR) is 118 cm³/mol. The molecule has 0 aliphatic carbocycles. The standard InChI is InChI=1S/C21H13BrN4OS/c1-2-18(27)25-15-6-7-17-16(9-15)20-21(28-17)19(12(10-23)11-24-20)26-14-5-3-4-13(22)8-14/h2-9,11H,1H2,(H,24,26)(H,25,27). The molecule has 0 saturated carbocycles. The molecule has 0 spiro atoms. The largest absolute Gasteiger partial charge is 0.353 e. The highest BCUT2D eigenvalue weighted by molar-refractivity contribution is 9.10. The van der Waals surface area contributed by atoms with Crippen LogP contribution in [0.4, 0.5) is 17.1 Å². The number of hydrogen-bond acceptors (Lipinski definition) is 5. The Bertz CT molecular complexity index is 1290. The Kier molecular flexibility index (Phi) is 4.82. The second-order valence-corrected chi connectivity index (χ2v) is 7.95. The van der Waals surface area contributed by atoms with Crippen LogP contribution < -0.4 is 10.6 Å². The van der Waals surface area contributed by atoms with E-state index in [0.29, 0.717) is 11.3 Å². The zero-order chi connectivity index (χ0) is 19.7. The molecule has 4 rings (SSSR count). The fourth-order valence-corrected chi connectivity index (χ4v) is 4.43. The Morgan fingerprint density at radius 2 is 2.11 bits per heavy atom. The summed E-state index contributed by atoms with van der Waals surface area (Å²) >= 11 is 5.02. The van der Waals surface area contributed by atoms with Crippen LogP contribution in [-0.2, 0) is 4.79 Å². The third kappa shape index (κ3) is 3.36. The topological polar surface area (TPSA) is 77.8 Å². The van der Waals surface area contributed by atoms with Gasteiger partial charge in [0.25, 0.3) is 0 Å². The molecule has 0 aliphatic heterocycles. The number of nitriles is 1. The Morgan fingerprint density at radius 1 is 1.25 bits per heavy atom. The minimum absolute atomic E-state index is 0.268. The van der Waals surface area contributed by atoms with Crippen LogP contribution in [0, 0.1) is 11.3 Å². The van der Waals surface area contributed by atoms with Crippen molar-refractivity contribution in [1.29, 1.82) is 5.26 Å². The molecule has 0 aliphatic rings. The predicted octanol–water partition coefficient (Wildman–Crippen LogP) is 5.95. The minimum atomic E-state index is -0.268. The van der Waals surface area contributed by atoms with Crippen LogP contribution in [0.25, 0.3) is 20.3 Å². The van der Waals surface area contributed by atoms with E-state index in [1.165, 1.54) is 6.08 Å². The lowest BCUT2D eigenvalue weighted by Crippen LogP contribution is -2.06. The number of halogens is 1. The molecule has 0 atom stereocenters. The van der Waals surface area contributed by atoms with Gasteiger partial charge in [0.05, 0.1) is 21.5 Å². The minimum Gasteiger partial charge on any atom is -0.353 e. The van der Waals surface area contributed by atoms with E-state index < -0.39 is 0 Å². The van der Waals surface area contributed by atoms with Gasteiger partial charge in [-0.15, -0.1) is 11.3 Å². The number of aromatic nitrogens is 1. The molecule has 2 heterocycles. The van der Waals surface area contributed by atoms with E-state index in [4.69, 9.17) is 0 Å². The smallest absolute Gasteiger partial charge is 0.247 e. The van der Waals surface area contributed by atoms with E-state index in [-0.39, 0.29) is 5.91 Å². The first kappa shape index (κ1) is 18.2. The van der Waals surface area contributed by atoms with Gasteiger partial charge < -0.3 is 10.6 Å². The van der Waals surface area contributed by atoms with Crippen molar-refractivity contribution >= 4 is 70.5 Å². The number of rotatable bonds is 4. The molecule has 136 valence electrons. The number of benzene rings is 2. The van der Waals surface area contributed by atoms with Crippen molar-refractivity contribution in [3.05, 3.63) is 71.4 Å². The number of thiophene rings is 1. The van der Waals surface area contributed by atoms with Crippen molar-refractivity contribution in [1.82, 2.24) is 4.98 Å². The number of hydrogen-bond donors (Lipinski definition) is 2. The van der Waals surface area contributed by atoms with Gasteiger partial charge in [-0.1, -0.05) is 28.6 Å². The third-order valence-electron chi connectivity index (χ3n) is 4.15. The molecule has 2 aromatic carbocycles. The lowest BCUT2D eigenvalue weighted by molar-refractivity contribution is -0.111. The average molecular weight is 449 g/mol. The number of nitrogens with one attached hydrogen (secondary N) is 2. The normalized spacial score (nSPS) is 10.6. The summed E-state index contributed by atoms with van der Waals surface area (Å²) in [6.45, 7) is 3.47. The van der Waals surface area contributed by atoms with Crippen LogP contribution in [0.5, 0.6) is 0 Å². The first-order chi connectivity index (χ1) is 13.6. The molecular formula is C21H13BrN4OS. The number of carbonyl (C=O) groups excluding carboxylic acids is 1. The van der Waals surface area contributed by atoms with Crippen molar-refractivity contribution in [3.8, 4) is 6.07 Å². The summed E-state index contributed by atoms with van der Waals surface area (Å²) < 4.78 is 2.85. The van der Waals surface area contributed by atoms with Crippen LogP contribution >= 0.6 is 27.3 Å². The maximum atomic E-state index is 11.6. The summed E-state index contributed by atoms with van der Waals surface area (Å²) in [7, 11) is 0. The van der Waals surface area contributed by atoms with Gasteiger partial charge >= 0.3 is 0 Å². The highest BCUT2D eigenvalue weighted by Crippen LogP contribution is 2.40. The quantitative estimate of drug-likeness (QED) is 0.378. The van der Waals surface area contributed by atoms with Gasteiger partial charge in [-0.25, -0.2) is 0 Å². The molecule has 0 radical (unpaired) electrons. The average Bonchev–Trinajstić information content (AvgIpc) is 3.06. The number of pyridine rings is 1. The summed E-state index contributed by atoms with van der Waals surface area (Å²) in [5.74, 6) is -0.268. The van der Waals surface area contributed by atoms with Gasteiger partial charge in [0, 0.05) is 32.1 Å². The van der Waals surface area contributed by atoms with E-state index in [1.54, 1.807) is 17.5 Å². The van der Waals surface area contributed by atoms with Crippen LogP contribution in [-0.4, -0.2) is 10.9 Å². The number of nitrogens with zero attached hydrogens (tertiary/aromatic N) is 2. The summed E-state index contributed by atoms with van der Waals surface area (Å²) in [5, 5.41) is 16.6. The van der Waals surface area contributed by atoms with Crippen LogP contribution in [0.15, 0.2) is 65.8 Å². The molecule has 0 bridgehead atoms. The van der Waals surface area contributed by atoms with Gasteiger partial charge in [-0.3, -0.25) is 9.78 Å². The van der Waals surface area contributed by atoms with E-state index in [1.807, 2.05) is 42.5 Å². The molecule has 5 nitrogen and oxygen atoms in total. The second-order valence-electron chi connectivity index (χ2n) is 5.98. The SMILES string of the molecule is C=CC(=O)Nc1ccc2sc3c(Nc4cccc(Br)c4)c(C#N)cnc3c2c1. The number of fused-ring (bicyclic) bond motifs is 3. The van der Waals surface area contributed by atoms with Crippen molar-refractivity contribution < 1.29 is 4.79 Å². The van der Waals surface area contributed by atoms with Crippen molar-refractivity contribution in [3.63, 3.8) is 0 Å². The molecule has 4 aromatic rings. The maximum absolute atomic E-state index is 11.6. The molecular weight excluding hydrogens is 436 g/mol. The van der Waals surface area contributed by atoms with Crippen LogP contribution in [0.1, 0.15) is 5.56 Å². The zero-order valence-electron chi connectivity index (χ0n) is 14.5. The van der Waals surface area contributed by atoms with E-state index >= 15 is 0 Å². The van der Waals surface area contributed by atoms with Crippen LogP contribution in [0.3, 0.4) is 0 Å². The Balaban J connectivity index is 1.88. The summed E-state index contributed by atoms with van der Waals surface area (Å²) in [4.78, 5) is 16.1. The summed E-state index contributed by atoms with van der Waals surface area (Å²) in [5.41, 5.74) is 3.52. The van der Waals surface area contributed by atoms with Gasteiger partial charge in [-0.2, -0.15) is 5.26 Å². The molecule has 2 aromatic heterocycles. The maximum Gasteiger partial charge on any atom is 0.247 e. The molecule has 0 unspecified atom stereocenters. The van der Waals surface area contributed by atoms with Gasteiger partial charge in [-0.05, 0) is 42.5 Å². The highest BCUT2D eigenvalue weighted by atomic mass is 79.9. The lowest BCUT2D eigenvalue weighted by atomic mass is 10.1. The van der Waals surface area contributed by atoms with E-state index in [0.717, 1.165) is 36.2 Å². The molecule has 2 N–H and O–H groups in total. The monoisotopic (exact) mass is 448 g/mol. The summed E-state index contributed by atoms with van der Waals surface area (Å²) in [6, 6.07) is 15.6. The van der Waals surface area contributed by atoms with E-state index in [9.17, 15) is 10.1 Å². The Labute approximate surface area is 173 Å². The first-order valence-electron chi connectivity index (χ1n) is 8.30. The van der Waals surface area contributed by atoms with Gasteiger partial charge in [0.2, 0.25) is 5.91 Å². The van der Waals surface area contributed by atoms with Crippen molar-refractivity contribution in [2.75, 3.05) is 10.6 Å². The zero-order valence-corrected chi connectivity index (χ0v) is 16.9. The molecule has 7 heteroatoms. The molecule has 0 fully saturated rings. The fourth-order valence-electron chi connectivity index (χ4n) is 2.89. The molecule has 0 saturated heterocycles. The van der Waals surface area contributed by atoms with Crippen molar-refractivity contribution in [2.24, 2.45) is 0 Å². The third-order valence-corrected chi connectivity index (χ3v) is 5.82. The molecule has 1 amide bonds. The number of amides is 1. The molecule has 28 heavy (non-hydrogen) atoms.